The Labute approximate surface area is 114 Å². The van der Waals surface area contributed by atoms with Gasteiger partial charge in [0, 0.05) is 17.9 Å². The Bertz CT molecular complexity index is 551. The lowest BCUT2D eigenvalue weighted by atomic mass is 10.2. The van der Waals surface area contributed by atoms with Crippen molar-refractivity contribution in [3.05, 3.63) is 48.6 Å². The summed E-state index contributed by atoms with van der Waals surface area (Å²) in [5, 5.41) is 4.27. The van der Waals surface area contributed by atoms with Gasteiger partial charge in [-0.2, -0.15) is 0 Å². The highest BCUT2D eigenvalue weighted by molar-refractivity contribution is 5.78. The highest BCUT2D eigenvalue weighted by atomic mass is 16.5. The fourth-order valence-electron chi connectivity index (χ4n) is 1.96. The minimum atomic E-state index is 0.0612. The second-order valence-corrected chi connectivity index (χ2v) is 4.42. The predicted octanol–water partition coefficient (Wildman–Crippen LogP) is 3.17. The molecule has 0 fully saturated rings. The van der Waals surface area contributed by atoms with E-state index in [1.54, 1.807) is 0 Å². The number of benzene rings is 1. The average Bonchev–Trinajstić information content (AvgIpc) is 2.45. The lowest BCUT2D eigenvalue weighted by molar-refractivity contribution is 0.229. The van der Waals surface area contributed by atoms with Crippen LogP contribution in [0.4, 0.5) is 0 Å². The molecule has 19 heavy (non-hydrogen) atoms. The Kier molecular flexibility index (Phi) is 4.93. The maximum atomic E-state index is 5.93. The molecule has 0 saturated heterocycles. The quantitative estimate of drug-likeness (QED) is 0.806. The van der Waals surface area contributed by atoms with Gasteiger partial charge in [-0.05, 0) is 38.7 Å². The van der Waals surface area contributed by atoms with Gasteiger partial charge in [0.15, 0.2) is 0 Å². The Morgan fingerprint density at radius 3 is 2.89 bits per heavy atom. The number of nitrogens with one attached hydrogen (secondary N) is 1. The molecule has 2 rings (SSSR count). The average molecular weight is 256 g/mol. The summed E-state index contributed by atoms with van der Waals surface area (Å²) in [4.78, 5) is 4.53. The molecular weight excluding hydrogens is 236 g/mol. The number of allylic oxidation sites excluding steroid dienone is 1. The van der Waals surface area contributed by atoms with Gasteiger partial charge >= 0.3 is 0 Å². The van der Waals surface area contributed by atoms with Gasteiger partial charge in [0.1, 0.15) is 6.10 Å². The van der Waals surface area contributed by atoms with E-state index in [0.717, 1.165) is 23.9 Å². The second-order valence-electron chi connectivity index (χ2n) is 4.42. The molecule has 0 saturated carbocycles. The van der Waals surface area contributed by atoms with Gasteiger partial charge in [0.2, 0.25) is 5.88 Å². The normalized spacial score (nSPS) is 12.9. The first-order valence-electron chi connectivity index (χ1n) is 6.63. The predicted molar refractivity (Wildman–Crippen MR) is 79.5 cm³/mol. The lowest BCUT2D eigenvalue weighted by Crippen LogP contribution is -2.20. The topological polar surface area (TPSA) is 34.1 Å². The van der Waals surface area contributed by atoms with E-state index < -0.39 is 0 Å². The van der Waals surface area contributed by atoms with Crippen molar-refractivity contribution in [3.63, 3.8) is 0 Å². The summed E-state index contributed by atoms with van der Waals surface area (Å²) >= 11 is 0. The van der Waals surface area contributed by atoms with Gasteiger partial charge in [0.25, 0.3) is 0 Å². The van der Waals surface area contributed by atoms with Crippen LogP contribution in [0.2, 0.25) is 0 Å². The lowest BCUT2D eigenvalue weighted by Gasteiger charge is -2.15. The standard InChI is InChI=1S/C16H20N2O/c1-3-6-14(11-12-17-2)19-16-10-9-13-7-4-5-8-15(13)18-16/h3-10,14,17H,11-12H2,1-2H3/b6-3+. The number of hydrogen-bond donors (Lipinski definition) is 1. The molecule has 3 heteroatoms. The monoisotopic (exact) mass is 256 g/mol. The van der Waals surface area contributed by atoms with Crippen molar-refractivity contribution in [1.82, 2.24) is 10.3 Å². The van der Waals surface area contributed by atoms with Crippen LogP contribution in [0, 0.1) is 0 Å². The summed E-state index contributed by atoms with van der Waals surface area (Å²) in [7, 11) is 1.95. The van der Waals surface area contributed by atoms with E-state index in [-0.39, 0.29) is 6.10 Å². The molecule has 0 aliphatic rings. The van der Waals surface area contributed by atoms with Crippen LogP contribution in [0.3, 0.4) is 0 Å². The van der Waals surface area contributed by atoms with Crippen LogP contribution in [-0.4, -0.2) is 24.7 Å². The first kappa shape index (κ1) is 13.6. The highest BCUT2D eigenvalue weighted by Gasteiger charge is 2.07. The van der Waals surface area contributed by atoms with E-state index in [1.165, 1.54) is 0 Å². The third kappa shape index (κ3) is 3.80. The fraction of sp³-hybridized carbons (Fsp3) is 0.312. The minimum absolute atomic E-state index is 0.0612. The maximum Gasteiger partial charge on any atom is 0.214 e. The molecule has 2 aromatic rings. The van der Waals surface area contributed by atoms with Crippen LogP contribution in [0.5, 0.6) is 5.88 Å². The summed E-state index contributed by atoms with van der Waals surface area (Å²) < 4.78 is 5.93. The number of rotatable bonds is 6. The van der Waals surface area contributed by atoms with Crippen LogP contribution >= 0.6 is 0 Å². The zero-order valence-electron chi connectivity index (χ0n) is 11.5. The van der Waals surface area contributed by atoms with Crippen molar-refractivity contribution < 1.29 is 4.74 Å². The second kappa shape index (κ2) is 6.90. The Hall–Kier alpha value is -1.87. The SMILES string of the molecule is C/C=C/C(CCNC)Oc1ccc2ccccc2n1. The molecule has 1 aromatic heterocycles. The number of pyridine rings is 1. The van der Waals surface area contributed by atoms with E-state index >= 15 is 0 Å². The summed E-state index contributed by atoms with van der Waals surface area (Å²) in [5.41, 5.74) is 0.966. The van der Waals surface area contributed by atoms with Crippen molar-refractivity contribution >= 4 is 10.9 Å². The Morgan fingerprint density at radius 1 is 1.26 bits per heavy atom. The molecule has 1 unspecified atom stereocenters. The molecular formula is C16H20N2O. The van der Waals surface area contributed by atoms with E-state index in [4.69, 9.17) is 4.74 Å². The van der Waals surface area contributed by atoms with Crippen LogP contribution in [0.1, 0.15) is 13.3 Å². The van der Waals surface area contributed by atoms with E-state index in [2.05, 4.69) is 22.4 Å². The zero-order valence-corrected chi connectivity index (χ0v) is 11.5. The molecule has 0 aliphatic carbocycles. The molecule has 1 N–H and O–H groups in total. The molecule has 100 valence electrons. The number of para-hydroxylation sites is 1. The largest absolute Gasteiger partial charge is 0.470 e. The van der Waals surface area contributed by atoms with E-state index in [1.807, 2.05) is 50.4 Å². The van der Waals surface area contributed by atoms with Crippen molar-refractivity contribution in [2.75, 3.05) is 13.6 Å². The van der Waals surface area contributed by atoms with Gasteiger partial charge in [-0.1, -0.05) is 24.3 Å². The van der Waals surface area contributed by atoms with Crippen molar-refractivity contribution in [2.24, 2.45) is 0 Å². The summed E-state index contributed by atoms with van der Waals surface area (Å²) in [6.07, 6.45) is 5.07. The Balaban J connectivity index is 2.13. The number of nitrogens with zero attached hydrogens (tertiary/aromatic N) is 1. The smallest absolute Gasteiger partial charge is 0.214 e. The number of aromatic nitrogens is 1. The van der Waals surface area contributed by atoms with Crippen molar-refractivity contribution in [3.8, 4) is 5.88 Å². The number of ether oxygens (including phenoxy) is 1. The third-order valence-electron chi connectivity index (χ3n) is 2.93. The van der Waals surface area contributed by atoms with Gasteiger partial charge in [0.05, 0.1) is 5.52 Å². The number of fused-ring (bicyclic) bond motifs is 1. The first-order chi connectivity index (χ1) is 9.33. The van der Waals surface area contributed by atoms with Gasteiger partial charge in [-0.25, -0.2) is 4.98 Å². The van der Waals surface area contributed by atoms with Gasteiger partial charge in [-0.3, -0.25) is 0 Å². The van der Waals surface area contributed by atoms with Crippen molar-refractivity contribution in [2.45, 2.75) is 19.4 Å². The van der Waals surface area contributed by atoms with E-state index in [9.17, 15) is 0 Å². The molecule has 0 amide bonds. The van der Waals surface area contributed by atoms with Crippen LogP contribution in [-0.2, 0) is 0 Å². The summed E-state index contributed by atoms with van der Waals surface area (Å²) in [5.74, 6) is 0.679. The molecule has 1 atom stereocenters. The minimum Gasteiger partial charge on any atom is -0.470 e. The summed E-state index contributed by atoms with van der Waals surface area (Å²) in [6, 6.07) is 12.0. The Morgan fingerprint density at radius 2 is 2.11 bits per heavy atom. The van der Waals surface area contributed by atoms with E-state index in [0.29, 0.717) is 5.88 Å². The molecule has 0 spiro atoms. The molecule has 0 radical (unpaired) electrons. The van der Waals surface area contributed by atoms with Crippen LogP contribution in [0.15, 0.2) is 48.6 Å². The summed E-state index contributed by atoms with van der Waals surface area (Å²) in [6.45, 7) is 2.92. The maximum absolute atomic E-state index is 5.93. The van der Waals surface area contributed by atoms with Gasteiger partial charge in [-0.15, -0.1) is 0 Å². The molecule has 1 heterocycles. The van der Waals surface area contributed by atoms with Crippen molar-refractivity contribution in [1.29, 1.82) is 0 Å². The fourth-order valence-corrected chi connectivity index (χ4v) is 1.96. The molecule has 0 aliphatic heterocycles. The van der Waals surface area contributed by atoms with Gasteiger partial charge < -0.3 is 10.1 Å². The molecule has 1 aromatic carbocycles. The van der Waals surface area contributed by atoms with Crippen LogP contribution in [0.25, 0.3) is 10.9 Å². The highest BCUT2D eigenvalue weighted by Crippen LogP contribution is 2.17. The molecule has 0 bridgehead atoms. The first-order valence-corrected chi connectivity index (χ1v) is 6.63. The molecule has 3 nitrogen and oxygen atoms in total. The zero-order chi connectivity index (χ0) is 13.5. The van der Waals surface area contributed by atoms with Crippen LogP contribution < -0.4 is 10.1 Å². The third-order valence-corrected chi connectivity index (χ3v) is 2.93. The number of hydrogen-bond acceptors (Lipinski definition) is 3.